The van der Waals surface area contributed by atoms with Crippen LogP contribution < -0.4 is 10.6 Å². The molecule has 0 saturated heterocycles. The lowest BCUT2D eigenvalue weighted by Crippen LogP contribution is -2.14. The second kappa shape index (κ2) is 8.27. The molecule has 27 heavy (non-hydrogen) atoms. The van der Waals surface area contributed by atoms with E-state index in [-0.39, 0.29) is 11.7 Å². The Morgan fingerprint density at radius 3 is 2.48 bits per heavy atom. The van der Waals surface area contributed by atoms with Crippen LogP contribution >= 0.6 is 0 Å². The van der Waals surface area contributed by atoms with Crippen LogP contribution in [0.3, 0.4) is 0 Å². The number of rotatable bonds is 6. The fraction of sp³-hybridized carbons (Fsp3) is 0.136. The summed E-state index contributed by atoms with van der Waals surface area (Å²) in [5.74, 6) is -0.374. The summed E-state index contributed by atoms with van der Waals surface area (Å²) in [6, 6.07) is 18.6. The first kappa shape index (κ1) is 18.3. The average Bonchev–Trinajstić information content (AvgIpc) is 2.68. The van der Waals surface area contributed by atoms with E-state index in [1.807, 2.05) is 6.07 Å². The molecule has 0 radical (unpaired) electrons. The average molecular weight is 359 g/mol. The minimum absolute atomic E-state index is 0.0495. The number of anilines is 2. The summed E-state index contributed by atoms with van der Waals surface area (Å²) in [5.41, 5.74) is 4.60. The number of amides is 1. The van der Waals surface area contributed by atoms with Crippen LogP contribution in [0.25, 0.3) is 0 Å². The van der Waals surface area contributed by atoms with Gasteiger partial charge in [-0.1, -0.05) is 42.0 Å². The van der Waals surface area contributed by atoms with Crippen molar-refractivity contribution in [1.82, 2.24) is 4.98 Å². The molecule has 0 bridgehead atoms. The summed E-state index contributed by atoms with van der Waals surface area (Å²) in [6.45, 7) is 4.20. The molecule has 1 amide bonds. The van der Waals surface area contributed by atoms with Gasteiger partial charge in [-0.25, -0.2) is 0 Å². The number of carbonyl (C=O) groups is 2. The lowest BCUT2D eigenvalue weighted by atomic mass is 10.1. The summed E-state index contributed by atoms with van der Waals surface area (Å²) in [7, 11) is 0. The Morgan fingerprint density at radius 1 is 0.963 bits per heavy atom. The first-order chi connectivity index (χ1) is 13.0. The van der Waals surface area contributed by atoms with Crippen molar-refractivity contribution in [2.24, 2.45) is 0 Å². The Balaban J connectivity index is 1.67. The van der Waals surface area contributed by atoms with Crippen LogP contribution in [0.4, 0.5) is 11.4 Å². The summed E-state index contributed by atoms with van der Waals surface area (Å²) in [6.07, 6.45) is 1.60. The van der Waals surface area contributed by atoms with Crippen molar-refractivity contribution in [1.29, 1.82) is 0 Å². The highest BCUT2D eigenvalue weighted by molar-refractivity contribution is 6.04. The van der Waals surface area contributed by atoms with Crippen LogP contribution in [0.1, 0.15) is 38.9 Å². The van der Waals surface area contributed by atoms with Gasteiger partial charge in [0, 0.05) is 29.7 Å². The molecule has 5 nitrogen and oxygen atoms in total. The van der Waals surface area contributed by atoms with Crippen LogP contribution in [0.15, 0.2) is 66.9 Å². The molecule has 0 unspecified atom stereocenters. The largest absolute Gasteiger partial charge is 0.381 e. The van der Waals surface area contributed by atoms with Crippen molar-refractivity contribution in [2.75, 3.05) is 10.6 Å². The van der Waals surface area contributed by atoms with Gasteiger partial charge in [-0.3, -0.25) is 14.6 Å². The predicted molar refractivity (Wildman–Crippen MR) is 107 cm³/mol. The molecule has 5 heteroatoms. The van der Waals surface area contributed by atoms with E-state index in [0.29, 0.717) is 23.5 Å². The van der Waals surface area contributed by atoms with Gasteiger partial charge >= 0.3 is 0 Å². The lowest BCUT2D eigenvalue weighted by molar-refractivity contribution is 0.100. The number of nitrogens with one attached hydrogen (secondary N) is 2. The minimum Gasteiger partial charge on any atom is -0.381 e. The maximum Gasteiger partial charge on any atom is 0.274 e. The van der Waals surface area contributed by atoms with Crippen LogP contribution in [0, 0.1) is 6.92 Å². The third kappa shape index (κ3) is 5.01. The monoisotopic (exact) mass is 359 g/mol. The van der Waals surface area contributed by atoms with Crippen molar-refractivity contribution in [2.45, 2.75) is 20.4 Å². The van der Waals surface area contributed by atoms with Crippen LogP contribution in [-0.2, 0) is 6.54 Å². The molecule has 0 aliphatic heterocycles. The molecule has 0 aliphatic carbocycles. The molecule has 3 aromatic rings. The molecule has 1 aromatic heterocycles. The smallest absolute Gasteiger partial charge is 0.274 e. The highest BCUT2D eigenvalue weighted by Gasteiger charge is 2.09. The SMILES string of the molecule is CC(=O)c1cccc(NC(=O)c2cc(NCc3ccc(C)cc3)ccn2)c1. The van der Waals surface area contributed by atoms with E-state index in [2.05, 4.69) is 46.8 Å². The number of aromatic nitrogens is 1. The summed E-state index contributed by atoms with van der Waals surface area (Å²) in [5, 5.41) is 6.08. The molecular formula is C22H21N3O2. The van der Waals surface area contributed by atoms with Gasteiger partial charge < -0.3 is 10.6 Å². The molecular weight excluding hydrogens is 338 g/mol. The van der Waals surface area contributed by atoms with E-state index in [0.717, 1.165) is 11.3 Å². The minimum atomic E-state index is -0.324. The number of carbonyl (C=O) groups excluding carboxylic acids is 2. The molecule has 0 atom stereocenters. The lowest BCUT2D eigenvalue weighted by Gasteiger charge is -2.09. The second-order valence-electron chi connectivity index (χ2n) is 6.36. The fourth-order valence-electron chi connectivity index (χ4n) is 2.59. The van der Waals surface area contributed by atoms with Gasteiger partial charge in [-0.2, -0.15) is 0 Å². The van der Waals surface area contributed by atoms with Gasteiger partial charge in [0.15, 0.2) is 5.78 Å². The second-order valence-corrected chi connectivity index (χ2v) is 6.36. The summed E-state index contributed by atoms with van der Waals surface area (Å²) in [4.78, 5) is 28.1. The molecule has 0 fully saturated rings. The normalized spacial score (nSPS) is 10.3. The Labute approximate surface area is 158 Å². The van der Waals surface area contributed by atoms with Crippen molar-refractivity contribution < 1.29 is 9.59 Å². The number of pyridine rings is 1. The number of hydrogen-bond acceptors (Lipinski definition) is 4. The molecule has 3 rings (SSSR count). The molecule has 0 spiro atoms. The molecule has 0 saturated carbocycles. The van der Waals surface area contributed by atoms with Crippen LogP contribution in [-0.4, -0.2) is 16.7 Å². The van der Waals surface area contributed by atoms with Gasteiger partial charge in [0.05, 0.1) is 0 Å². The first-order valence-electron chi connectivity index (χ1n) is 8.69. The predicted octanol–water partition coefficient (Wildman–Crippen LogP) is 4.46. The first-order valence-corrected chi connectivity index (χ1v) is 8.69. The fourth-order valence-corrected chi connectivity index (χ4v) is 2.59. The summed E-state index contributed by atoms with van der Waals surface area (Å²) >= 11 is 0. The Hall–Kier alpha value is -3.47. The zero-order chi connectivity index (χ0) is 19.2. The van der Waals surface area contributed by atoms with E-state index in [1.54, 1.807) is 36.5 Å². The number of benzene rings is 2. The van der Waals surface area contributed by atoms with E-state index in [1.165, 1.54) is 12.5 Å². The molecule has 2 aromatic carbocycles. The molecule has 1 heterocycles. The molecule has 2 N–H and O–H groups in total. The number of hydrogen-bond donors (Lipinski definition) is 2. The van der Waals surface area contributed by atoms with Crippen molar-refractivity contribution in [3.63, 3.8) is 0 Å². The van der Waals surface area contributed by atoms with E-state index in [9.17, 15) is 9.59 Å². The van der Waals surface area contributed by atoms with Crippen molar-refractivity contribution >= 4 is 23.1 Å². The van der Waals surface area contributed by atoms with Crippen LogP contribution in [0.2, 0.25) is 0 Å². The third-order valence-electron chi connectivity index (χ3n) is 4.14. The molecule has 136 valence electrons. The number of aryl methyl sites for hydroxylation is 1. The van der Waals surface area contributed by atoms with E-state index in [4.69, 9.17) is 0 Å². The van der Waals surface area contributed by atoms with Crippen molar-refractivity contribution in [3.8, 4) is 0 Å². The Kier molecular flexibility index (Phi) is 5.61. The van der Waals surface area contributed by atoms with Crippen LogP contribution in [0.5, 0.6) is 0 Å². The number of ketones is 1. The third-order valence-corrected chi connectivity index (χ3v) is 4.14. The van der Waals surface area contributed by atoms with Gasteiger partial charge in [0.25, 0.3) is 5.91 Å². The highest BCUT2D eigenvalue weighted by Crippen LogP contribution is 2.15. The maximum atomic E-state index is 12.5. The van der Waals surface area contributed by atoms with Gasteiger partial charge in [-0.05, 0) is 43.7 Å². The standard InChI is InChI=1S/C22H21N3O2/c1-15-6-8-17(9-7-15)14-24-19-10-11-23-21(13-19)22(27)25-20-5-3-4-18(12-20)16(2)26/h3-13H,14H2,1-2H3,(H,23,24)(H,25,27). The molecule has 0 aliphatic rings. The van der Waals surface area contributed by atoms with E-state index < -0.39 is 0 Å². The quantitative estimate of drug-likeness (QED) is 0.638. The summed E-state index contributed by atoms with van der Waals surface area (Å²) < 4.78 is 0. The Morgan fingerprint density at radius 2 is 1.74 bits per heavy atom. The van der Waals surface area contributed by atoms with Gasteiger partial charge in [0.2, 0.25) is 0 Å². The van der Waals surface area contributed by atoms with E-state index >= 15 is 0 Å². The van der Waals surface area contributed by atoms with Crippen molar-refractivity contribution in [3.05, 3.63) is 89.2 Å². The number of Topliss-reactive ketones (excluding diaryl/α,β-unsaturated/α-hetero) is 1. The zero-order valence-corrected chi connectivity index (χ0v) is 15.3. The highest BCUT2D eigenvalue weighted by atomic mass is 16.2. The van der Waals surface area contributed by atoms with Gasteiger partial charge in [0.1, 0.15) is 5.69 Å². The number of nitrogens with zero attached hydrogens (tertiary/aromatic N) is 1. The van der Waals surface area contributed by atoms with Gasteiger partial charge in [-0.15, -0.1) is 0 Å². The maximum absolute atomic E-state index is 12.5. The zero-order valence-electron chi connectivity index (χ0n) is 15.3. The topological polar surface area (TPSA) is 71.1 Å². The Bertz CT molecular complexity index is 965.